The number of nitrogens with zero attached hydrogens (tertiary/aromatic N) is 1. The van der Waals surface area contributed by atoms with Crippen LogP contribution in [0.4, 0.5) is 0 Å². The fourth-order valence-electron chi connectivity index (χ4n) is 13.0. The lowest BCUT2D eigenvalue weighted by atomic mass is 9.46. The van der Waals surface area contributed by atoms with Gasteiger partial charge in [0.25, 0.3) is 0 Å². The second kappa shape index (κ2) is 11.9. The number of fused-ring (bicyclic) bond motifs is 4. The van der Waals surface area contributed by atoms with Gasteiger partial charge in [0.1, 0.15) is 0 Å². The molecule has 46 heavy (non-hydrogen) atoms. The molecule has 2 saturated heterocycles. The first-order valence-corrected chi connectivity index (χ1v) is 18.9. The normalized spacial score (nSPS) is 47.0. The lowest BCUT2D eigenvalue weighted by Gasteiger charge is -2.60. The zero-order chi connectivity index (χ0) is 32.7. The van der Waals surface area contributed by atoms with Crippen molar-refractivity contribution in [2.75, 3.05) is 39.5 Å². The molecule has 8 nitrogen and oxygen atoms in total. The van der Waals surface area contributed by atoms with Crippen LogP contribution in [0.1, 0.15) is 114 Å². The van der Waals surface area contributed by atoms with E-state index in [1.165, 1.54) is 45.4 Å². The number of carbonyl (C=O) groups excluding carboxylic acids is 1. The van der Waals surface area contributed by atoms with Gasteiger partial charge in [0.15, 0.2) is 12.4 Å². The van der Waals surface area contributed by atoms with E-state index in [2.05, 4.69) is 32.6 Å². The number of rotatable bonds is 9. The van der Waals surface area contributed by atoms with Crippen LogP contribution in [0.3, 0.4) is 0 Å². The van der Waals surface area contributed by atoms with Crippen LogP contribution in [0.15, 0.2) is 0 Å². The van der Waals surface area contributed by atoms with Crippen LogP contribution in [-0.2, 0) is 28.5 Å². The molecular weight excluding hydrogens is 582 g/mol. The maximum atomic E-state index is 12.0. The van der Waals surface area contributed by atoms with Crippen LogP contribution in [0.25, 0.3) is 0 Å². The minimum atomic E-state index is -1.14. The average molecular weight is 648 g/mol. The SMILES string of the molecule is CCOCCN1CCOC(O[C@H]2CCC34C[C@]35CC[C@]3(C)C6CCC([C@H](OC(C)=O)C(C)(C)O)OC6CC3C5CCC4C2(C)C)C1.[HH]. The molecule has 0 amide bonds. The first-order chi connectivity index (χ1) is 21.7. The summed E-state index contributed by atoms with van der Waals surface area (Å²) in [5.41, 5.74) is 0.266. The molecule has 0 radical (unpaired) electrons. The molecule has 0 bridgehead atoms. The molecule has 5 saturated carbocycles. The van der Waals surface area contributed by atoms with Crippen molar-refractivity contribution in [2.24, 2.45) is 45.3 Å². The molecule has 5 aliphatic carbocycles. The number of carbonyl (C=O) groups is 1. The fraction of sp³-hybridized carbons (Fsp3) is 0.974. The van der Waals surface area contributed by atoms with E-state index in [0.29, 0.717) is 34.0 Å². The second-order valence-electron chi connectivity index (χ2n) is 17.9. The highest BCUT2D eigenvalue weighted by molar-refractivity contribution is 5.66. The van der Waals surface area contributed by atoms with Gasteiger partial charge in [-0.3, -0.25) is 9.69 Å². The molecule has 8 unspecified atom stereocenters. The summed E-state index contributed by atoms with van der Waals surface area (Å²) < 4.78 is 31.2. The number of morpholine rings is 1. The molecule has 0 aromatic rings. The van der Waals surface area contributed by atoms with Gasteiger partial charge in [-0.2, -0.15) is 0 Å². The third kappa shape index (κ3) is 5.33. The number of aliphatic hydroxyl groups is 1. The monoisotopic (exact) mass is 647 g/mol. The first kappa shape index (κ1) is 33.7. The van der Waals surface area contributed by atoms with E-state index in [4.69, 9.17) is 23.7 Å². The molecule has 2 heterocycles. The van der Waals surface area contributed by atoms with Crippen molar-refractivity contribution in [3.05, 3.63) is 0 Å². The number of ether oxygens (including phenoxy) is 5. The predicted molar refractivity (Wildman–Crippen MR) is 177 cm³/mol. The van der Waals surface area contributed by atoms with Crippen molar-refractivity contribution < 1.29 is 35.0 Å². The summed E-state index contributed by atoms with van der Waals surface area (Å²) in [5.74, 6) is 2.39. The lowest BCUT2D eigenvalue weighted by molar-refractivity contribution is -0.245. The Hall–Kier alpha value is -0.770. The third-order valence-electron chi connectivity index (χ3n) is 15.1. The number of hydrogen-bond acceptors (Lipinski definition) is 8. The maximum Gasteiger partial charge on any atom is 0.303 e. The van der Waals surface area contributed by atoms with Crippen LogP contribution in [-0.4, -0.2) is 91.7 Å². The summed E-state index contributed by atoms with van der Waals surface area (Å²) in [6, 6.07) is 0. The Morgan fingerprint density at radius 1 is 1.04 bits per heavy atom. The first-order valence-electron chi connectivity index (χ1n) is 18.9. The lowest BCUT2D eigenvalue weighted by Crippen LogP contribution is -2.56. The Morgan fingerprint density at radius 2 is 1.83 bits per heavy atom. The molecule has 8 heteroatoms. The summed E-state index contributed by atoms with van der Waals surface area (Å²) in [6.45, 7) is 19.6. The molecule has 7 fully saturated rings. The second-order valence-corrected chi connectivity index (χ2v) is 17.9. The van der Waals surface area contributed by atoms with Crippen molar-refractivity contribution in [1.82, 2.24) is 4.90 Å². The van der Waals surface area contributed by atoms with Crippen LogP contribution in [0.2, 0.25) is 0 Å². The molecule has 2 spiro atoms. The van der Waals surface area contributed by atoms with Gasteiger partial charge in [0.05, 0.1) is 37.1 Å². The quantitative estimate of drug-likeness (QED) is 0.233. The molecule has 12 atom stereocenters. The smallest absolute Gasteiger partial charge is 0.303 e. The van der Waals surface area contributed by atoms with Gasteiger partial charge in [-0.25, -0.2) is 0 Å². The van der Waals surface area contributed by atoms with Crippen LogP contribution >= 0.6 is 0 Å². The third-order valence-corrected chi connectivity index (χ3v) is 15.1. The highest BCUT2D eigenvalue weighted by Crippen LogP contribution is 2.87. The van der Waals surface area contributed by atoms with E-state index >= 15 is 0 Å². The standard InChI is InChI=1S/C38H63NO7.H2/c1-8-42-19-17-39-18-20-43-32(22-39)46-31-13-14-38-23-37(38)16-15-36(7)26-9-11-28(33(35(5,6)41)44-24(2)40)45-29(26)21-27(36)25(37)10-12-30(38)34(31,3)4;/h25-33,41H,8-23H2,1-7H3;1H/t25?,26?,27?,28?,29?,30?,31-,32?,33-,36+,37-,38?;/m0./s1. The topological polar surface area (TPSA) is 86.7 Å². The summed E-state index contributed by atoms with van der Waals surface area (Å²) in [6.07, 6.45) is 11.7. The Morgan fingerprint density at radius 3 is 2.57 bits per heavy atom. The minimum Gasteiger partial charge on any atom is -0.457 e. The highest BCUT2D eigenvalue weighted by atomic mass is 16.7. The highest BCUT2D eigenvalue weighted by Gasteiger charge is 2.80. The van der Waals surface area contributed by atoms with Crippen molar-refractivity contribution in [2.45, 2.75) is 149 Å². The van der Waals surface area contributed by atoms with Gasteiger partial charge in [0, 0.05) is 34.6 Å². The van der Waals surface area contributed by atoms with Crippen LogP contribution < -0.4 is 0 Å². The molecule has 2 aliphatic heterocycles. The van der Waals surface area contributed by atoms with Gasteiger partial charge >= 0.3 is 5.97 Å². The zero-order valence-electron chi connectivity index (χ0n) is 29.9. The Labute approximate surface area is 279 Å². The minimum absolute atomic E-state index is 0. The van der Waals surface area contributed by atoms with E-state index in [-0.39, 0.29) is 37.4 Å². The Bertz CT molecular complexity index is 1150. The Kier molecular flexibility index (Phi) is 8.75. The predicted octanol–water partition coefficient (Wildman–Crippen LogP) is 6.22. The van der Waals surface area contributed by atoms with Gasteiger partial charge < -0.3 is 28.8 Å². The molecular formula is C38H65NO7. The van der Waals surface area contributed by atoms with Gasteiger partial charge in [0.2, 0.25) is 0 Å². The number of hydrogen-bond donors (Lipinski definition) is 1. The van der Waals surface area contributed by atoms with Gasteiger partial charge in [-0.1, -0.05) is 20.8 Å². The van der Waals surface area contributed by atoms with E-state index in [1.54, 1.807) is 13.8 Å². The van der Waals surface area contributed by atoms with E-state index in [1.807, 2.05) is 0 Å². The summed E-state index contributed by atoms with van der Waals surface area (Å²) >= 11 is 0. The van der Waals surface area contributed by atoms with E-state index < -0.39 is 11.7 Å². The van der Waals surface area contributed by atoms with Crippen molar-refractivity contribution in [1.29, 1.82) is 0 Å². The summed E-state index contributed by atoms with van der Waals surface area (Å²) in [4.78, 5) is 14.4. The number of esters is 1. The fourth-order valence-corrected chi connectivity index (χ4v) is 13.0. The summed E-state index contributed by atoms with van der Waals surface area (Å²) in [7, 11) is 0. The van der Waals surface area contributed by atoms with Crippen LogP contribution in [0.5, 0.6) is 0 Å². The maximum absolute atomic E-state index is 12.0. The van der Waals surface area contributed by atoms with Gasteiger partial charge in [-0.15, -0.1) is 0 Å². The van der Waals surface area contributed by atoms with Gasteiger partial charge in [-0.05, 0) is 130 Å². The molecule has 264 valence electrons. The summed E-state index contributed by atoms with van der Waals surface area (Å²) in [5, 5.41) is 10.9. The zero-order valence-corrected chi connectivity index (χ0v) is 29.9. The van der Waals surface area contributed by atoms with E-state index in [0.717, 1.165) is 71.1 Å². The largest absolute Gasteiger partial charge is 0.457 e. The van der Waals surface area contributed by atoms with Crippen molar-refractivity contribution in [3.63, 3.8) is 0 Å². The Balaban J connectivity index is 0.00000386. The average Bonchev–Trinajstić information content (AvgIpc) is 3.57. The van der Waals surface area contributed by atoms with Crippen molar-refractivity contribution >= 4 is 5.97 Å². The van der Waals surface area contributed by atoms with Crippen molar-refractivity contribution in [3.8, 4) is 0 Å². The molecule has 1 N–H and O–H groups in total. The van der Waals surface area contributed by atoms with E-state index in [9.17, 15) is 9.90 Å². The molecule has 7 aliphatic rings. The van der Waals surface area contributed by atoms with Crippen LogP contribution in [0, 0.1) is 45.3 Å². The molecule has 7 rings (SSSR count). The molecule has 0 aromatic carbocycles. The molecule has 0 aromatic heterocycles.